The van der Waals surface area contributed by atoms with E-state index in [1.807, 2.05) is 19.2 Å². The Kier molecular flexibility index (Phi) is 13.7. The van der Waals surface area contributed by atoms with Crippen LogP contribution in [-0.2, 0) is 52.9 Å². The largest absolute Gasteiger partial charge is 0.408 e. The Morgan fingerprint density at radius 3 is 2.67 bits per heavy atom. The number of imidazole rings is 1. The first-order chi connectivity index (χ1) is 27.2. The maximum Gasteiger partial charge on any atom is 0.386 e. The molecule has 19 nitrogen and oxygen atoms in total. The number of amides is 1. The fraction of sp³-hybridized carbons (Fsp3) is 0.667. The van der Waals surface area contributed by atoms with Gasteiger partial charge in [-0.05, 0) is 42.8 Å². The van der Waals surface area contributed by atoms with E-state index in [0.29, 0.717) is 6.42 Å². The molecule has 1 amide bonds. The van der Waals surface area contributed by atoms with Crippen molar-refractivity contribution in [2.45, 2.75) is 109 Å². The number of H-pyrrole nitrogens is 1. The molecule has 25 heteroatoms. The van der Waals surface area contributed by atoms with E-state index in [-0.39, 0.29) is 66.5 Å². The number of hydrogen-bond donors (Lipinski definition) is 4. The molecule has 2 saturated heterocycles. The molecular formula is C33H48FN9O10P2S2Si. The van der Waals surface area contributed by atoms with Gasteiger partial charge in [0.15, 0.2) is 37.3 Å². The Labute approximate surface area is 345 Å². The molecule has 318 valence electrons. The van der Waals surface area contributed by atoms with Crippen molar-refractivity contribution < 1.29 is 45.5 Å². The number of thiol groups is 1. The summed E-state index contributed by atoms with van der Waals surface area (Å²) in [4.78, 5) is 44.9. The molecule has 3 N–H and O–H groups in total. The minimum absolute atomic E-state index is 0.0150. The van der Waals surface area contributed by atoms with Crippen LogP contribution < -0.4 is 16.2 Å². The normalized spacial score (nSPS) is 30.9. The lowest BCUT2D eigenvalue weighted by molar-refractivity contribution is -0.118. The van der Waals surface area contributed by atoms with Gasteiger partial charge < -0.3 is 23.5 Å². The van der Waals surface area contributed by atoms with Crippen LogP contribution in [0.15, 0.2) is 23.6 Å². The molecule has 9 atom stereocenters. The van der Waals surface area contributed by atoms with Crippen LogP contribution in [0.5, 0.6) is 0 Å². The second-order valence-electron chi connectivity index (χ2n) is 16.0. The molecule has 3 aromatic heterocycles. The van der Waals surface area contributed by atoms with Gasteiger partial charge in [-0.2, -0.15) is 10.2 Å². The van der Waals surface area contributed by atoms with Crippen molar-refractivity contribution in [2.24, 2.45) is 11.8 Å². The number of carbonyl (C=O) groups is 1. The lowest BCUT2D eigenvalue weighted by atomic mass is 10.1. The number of aromatic amines is 1. The average Bonchev–Trinajstić information content (AvgIpc) is 3.82. The Bertz CT molecular complexity index is 2190. The summed E-state index contributed by atoms with van der Waals surface area (Å²) < 4.78 is 75.0. The number of halogens is 1. The fourth-order valence-corrected chi connectivity index (χ4v) is 11.4. The molecule has 3 aliphatic rings. The lowest BCUT2D eigenvalue weighted by Gasteiger charge is -2.41. The molecule has 2 aliphatic heterocycles. The molecule has 6 rings (SSSR count). The number of carbonyl (C=O) groups excluding carboxylic acids is 1. The molecule has 0 spiro atoms. The third kappa shape index (κ3) is 10.2. The Morgan fingerprint density at radius 2 is 1.98 bits per heavy atom. The molecule has 2 bridgehead atoms. The van der Waals surface area contributed by atoms with Crippen LogP contribution >= 0.6 is 25.8 Å². The van der Waals surface area contributed by atoms with Crippen LogP contribution in [0.1, 0.15) is 60.1 Å². The van der Waals surface area contributed by atoms with Crippen LogP contribution in [0, 0.1) is 29.0 Å². The van der Waals surface area contributed by atoms with Gasteiger partial charge in [-0.25, -0.2) is 23.9 Å². The van der Waals surface area contributed by atoms with Crippen LogP contribution in [0.2, 0.25) is 18.1 Å². The zero-order valence-electron chi connectivity index (χ0n) is 33.0. The molecule has 0 aromatic carbocycles. The maximum atomic E-state index is 14.5. The first-order valence-electron chi connectivity index (χ1n) is 18.6. The smallest absolute Gasteiger partial charge is 0.386 e. The van der Waals surface area contributed by atoms with Gasteiger partial charge in [-0.3, -0.25) is 38.0 Å². The number of nitrogens with zero attached hydrogens (tertiary/aromatic N) is 6. The highest BCUT2D eigenvalue weighted by Gasteiger charge is 2.55. The van der Waals surface area contributed by atoms with Crippen LogP contribution in [0.3, 0.4) is 0 Å². The summed E-state index contributed by atoms with van der Waals surface area (Å²) in [6.07, 6.45) is -1.01. The van der Waals surface area contributed by atoms with Crippen LogP contribution in [0.25, 0.3) is 11.2 Å². The van der Waals surface area contributed by atoms with Gasteiger partial charge in [0, 0.05) is 17.9 Å². The number of ether oxygens (including phenoxy) is 1. The van der Waals surface area contributed by atoms with Crippen molar-refractivity contribution in [3.8, 4) is 6.07 Å². The van der Waals surface area contributed by atoms with E-state index in [1.165, 1.54) is 17.2 Å². The Morgan fingerprint density at radius 1 is 1.22 bits per heavy atom. The van der Waals surface area contributed by atoms with Crippen molar-refractivity contribution in [1.82, 2.24) is 29.5 Å². The van der Waals surface area contributed by atoms with E-state index in [2.05, 4.69) is 68.6 Å². The average molecular weight is 904 g/mol. The summed E-state index contributed by atoms with van der Waals surface area (Å²) in [5.74, 6) is -2.09. The quantitative estimate of drug-likeness (QED) is 0.0810. The highest BCUT2D eigenvalue weighted by Crippen LogP contribution is 2.60. The minimum atomic E-state index is -4.15. The maximum absolute atomic E-state index is 14.5. The standard InChI is InChI=1S/C33H48FN9O10P2S2Si/c1-18(2)29(44)41-32-40-28-24(30(45)42-32)38-17-43(28)31-26-25(53-58(6,7)33(3,4)5)23(50-31)15-48-54(46,56)51-22-12-20(39-27-21(34)13-36-16-37-27)11-19(22)14-49-55(57,52-26)47-10-8-9-35/h13,16-20,22-23,25-26,31H,8,10-12,14-15H2,1-7H3,(H,46,56)(H,36,37,39)(H2,40,41,42,44,45)/t19-,20-,22+,23-,25-,26-,31-,54+,55+/m1/s1. The number of rotatable bonds is 10. The van der Waals surface area contributed by atoms with Gasteiger partial charge in [-0.15, -0.1) is 0 Å². The predicted molar refractivity (Wildman–Crippen MR) is 218 cm³/mol. The van der Waals surface area contributed by atoms with Crippen LogP contribution in [-0.4, -0.2) is 94.0 Å². The molecule has 1 saturated carbocycles. The topological polar surface area (TPSA) is 236 Å². The second kappa shape index (κ2) is 17.7. The lowest BCUT2D eigenvalue weighted by Crippen LogP contribution is -2.50. The highest BCUT2D eigenvalue weighted by molar-refractivity contribution is 8.44. The summed E-state index contributed by atoms with van der Waals surface area (Å²) in [6, 6.07) is 1.63. The molecule has 0 radical (unpaired) electrons. The van der Waals surface area contributed by atoms with Gasteiger partial charge in [0.1, 0.15) is 24.6 Å². The molecule has 0 unspecified atom stereocenters. The zero-order chi connectivity index (χ0) is 42.2. The van der Waals surface area contributed by atoms with Crippen LogP contribution in [0.4, 0.5) is 16.2 Å². The van der Waals surface area contributed by atoms with E-state index in [1.54, 1.807) is 13.8 Å². The Balaban J connectivity index is 1.42. The number of nitriles is 1. The predicted octanol–water partition coefficient (Wildman–Crippen LogP) is 5.83. The van der Waals surface area contributed by atoms with E-state index < -0.39 is 81.7 Å². The third-order valence-corrected chi connectivity index (χ3v) is 18.9. The fourth-order valence-electron chi connectivity index (χ4n) is 6.40. The third-order valence-electron chi connectivity index (χ3n) is 10.5. The zero-order valence-corrected chi connectivity index (χ0v) is 37.5. The molecule has 3 aromatic rings. The van der Waals surface area contributed by atoms with Crippen molar-refractivity contribution in [2.75, 3.05) is 30.5 Å². The molecular weight excluding hydrogens is 856 g/mol. The van der Waals surface area contributed by atoms with Crippen molar-refractivity contribution in [3.05, 3.63) is 35.0 Å². The molecule has 1 aliphatic carbocycles. The first kappa shape index (κ1) is 44.8. The number of fused-ring (bicyclic) bond motifs is 4. The first-order valence-corrected chi connectivity index (χ1v) is 26.8. The monoisotopic (exact) mass is 903 g/mol. The van der Waals surface area contributed by atoms with Gasteiger partial charge in [-0.1, -0.05) is 46.9 Å². The second-order valence-corrected chi connectivity index (χ2v) is 26.6. The van der Waals surface area contributed by atoms with Gasteiger partial charge in [0.25, 0.3) is 5.56 Å². The van der Waals surface area contributed by atoms with E-state index >= 15 is 0 Å². The van der Waals surface area contributed by atoms with E-state index in [4.69, 9.17) is 43.6 Å². The number of nitrogens with one attached hydrogen (secondary N) is 3. The summed E-state index contributed by atoms with van der Waals surface area (Å²) >= 11 is 10.4. The molecule has 58 heavy (non-hydrogen) atoms. The highest BCUT2D eigenvalue weighted by atomic mass is 32.7. The van der Waals surface area contributed by atoms with Gasteiger partial charge >= 0.3 is 13.5 Å². The minimum Gasteiger partial charge on any atom is -0.408 e. The van der Waals surface area contributed by atoms with E-state index in [9.17, 15) is 23.8 Å². The number of aromatic nitrogens is 6. The summed E-state index contributed by atoms with van der Waals surface area (Å²) in [6.45, 7) is 4.97. The number of hydrogen-bond acceptors (Lipinski definition) is 17. The van der Waals surface area contributed by atoms with Crippen molar-refractivity contribution in [1.29, 1.82) is 5.26 Å². The molecule has 5 heterocycles. The van der Waals surface area contributed by atoms with Gasteiger partial charge in [0.05, 0.1) is 50.9 Å². The summed E-state index contributed by atoms with van der Waals surface area (Å²) in [7, 11) is -2.69. The van der Waals surface area contributed by atoms with Crippen molar-refractivity contribution in [3.63, 3.8) is 0 Å². The Hall–Kier alpha value is -2.71. The van der Waals surface area contributed by atoms with E-state index in [0.717, 1.165) is 6.20 Å². The van der Waals surface area contributed by atoms with Crippen molar-refractivity contribution >= 4 is 74.7 Å². The van der Waals surface area contributed by atoms with Gasteiger partial charge in [0.2, 0.25) is 11.9 Å². The molecule has 3 fully saturated rings. The number of anilines is 2. The summed E-state index contributed by atoms with van der Waals surface area (Å²) in [5.41, 5.74) is -0.657. The summed E-state index contributed by atoms with van der Waals surface area (Å²) in [5, 5.41) is 14.8. The SMILES string of the molecule is CC(C)C(=O)Nc1nc2c(ncn2[C@@H]2O[C@@H]3CO[P@](=O)(S)O[C@H]4C[C@H](Nc5ncncc5F)C[C@@H]4CO[P@@](=S)(OCCC#N)O[C@@H]2[C@@H]3O[Si](C)(C)C(C)(C)C)c(=O)[nH]1.